The van der Waals surface area contributed by atoms with Crippen molar-refractivity contribution < 1.29 is 4.79 Å². The molecule has 1 amide bonds. The van der Waals surface area contributed by atoms with Gasteiger partial charge in [-0.3, -0.25) is 9.69 Å². The fourth-order valence-electron chi connectivity index (χ4n) is 1.67. The second-order valence-electron chi connectivity index (χ2n) is 3.63. The van der Waals surface area contributed by atoms with E-state index in [1.165, 1.54) is 0 Å². The number of carbonyl (C=O) groups is 1. The molecule has 3 unspecified atom stereocenters. The molecule has 76 valence electrons. The van der Waals surface area contributed by atoms with E-state index in [4.69, 9.17) is 5.73 Å². The molecule has 1 heterocycles. The summed E-state index contributed by atoms with van der Waals surface area (Å²) in [6.45, 7) is 7.23. The summed E-state index contributed by atoms with van der Waals surface area (Å²) in [4.78, 5) is 13.2. The Balaban J connectivity index is 2.62. The molecule has 3 atom stereocenters. The number of carbonyl (C=O) groups excluding carboxylic acids is 1. The molecule has 0 aromatic rings. The van der Waals surface area contributed by atoms with E-state index >= 15 is 0 Å². The molecule has 4 heteroatoms. The molecule has 0 bridgehead atoms. The lowest BCUT2D eigenvalue weighted by Gasteiger charge is -2.40. The van der Waals surface area contributed by atoms with E-state index in [1.54, 1.807) is 0 Å². The summed E-state index contributed by atoms with van der Waals surface area (Å²) in [6, 6.07) is 0.319. The van der Waals surface area contributed by atoms with Crippen molar-refractivity contribution in [2.24, 2.45) is 5.73 Å². The topological polar surface area (TPSA) is 46.3 Å². The number of amides is 1. The molecular formula is C9H18N2OS. The molecular weight excluding hydrogens is 184 g/mol. The van der Waals surface area contributed by atoms with Gasteiger partial charge in [-0.1, -0.05) is 6.92 Å². The zero-order valence-corrected chi connectivity index (χ0v) is 9.30. The van der Waals surface area contributed by atoms with Gasteiger partial charge in [0.1, 0.15) is 0 Å². The maximum absolute atomic E-state index is 11.0. The highest BCUT2D eigenvalue weighted by molar-refractivity contribution is 8.00. The van der Waals surface area contributed by atoms with Gasteiger partial charge in [-0.2, -0.15) is 11.8 Å². The van der Waals surface area contributed by atoms with Crippen molar-refractivity contribution >= 4 is 17.7 Å². The van der Waals surface area contributed by atoms with E-state index in [0.29, 0.717) is 11.3 Å². The molecule has 0 radical (unpaired) electrons. The zero-order chi connectivity index (χ0) is 10.0. The summed E-state index contributed by atoms with van der Waals surface area (Å²) in [5.74, 6) is 0.884. The molecule has 2 N–H and O–H groups in total. The minimum absolute atomic E-state index is 0.127. The monoisotopic (exact) mass is 202 g/mol. The fourth-order valence-corrected chi connectivity index (χ4v) is 2.79. The lowest BCUT2D eigenvalue weighted by molar-refractivity contribution is -0.123. The van der Waals surface area contributed by atoms with Crippen LogP contribution in [-0.4, -0.2) is 40.4 Å². The van der Waals surface area contributed by atoms with Crippen LogP contribution in [0.3, 0.4) is 0 Å². The normalized spacial score (nSPS) is 32.8. The van der Waals surface area contributed by atoms with Crippen LogP contribution in [0.15, 0.2) is 0 Å². The number of rotatable bonds is 2. The maximum Gasteiger partial charge on any atom is 0.234 e. The van der Waals surface area contributed by atoms with E-state index in [9.17, 15) is 4.79 Å². The van der Waals surface area contributed by atoms with Crippen molar-refractivity contribution in [3.8, 4) is 0 Å². The summed E-state index contributed by atoms with van der Waals surface area (Å²) >= 11 is 1.97. The van der Waals surface area contributed by atoms with Crippen LogP contribution >= 0.6 is 11.8 Å². The largest absolute Gasteiger partial charge is 0.368 e. The molecule has 1 aliphatic heterocycles. The van der Waals surface area contributed by atoms with Crippen molar-refractivity contribution in [3.05, 3.63) is 0 Å². The lowest BCUT2D eigenvalue weighted by Crippen LogP contribution is -2.53. The van der Waals surface area contributed by atoms with Gasteiger partial charge in [-0.05, 0) is 13.8 Å². The third-order valence-corrected chi connectivity index (χ3v) is 4.18. The Morgan fingerprint density at radius 3 is 2.77 bits per heavy atom. The standard InChI is InChI=1S/C9H18N2OS/c1-6-8(3)13-5-4-11(6)7(2)9(10)12/h6-8H,4-5H2,1-3H3,(H2,10,12). The minimum atomic E-state index is -0.217. The SMILES string of the molecule is CC1SCCN(C(C)C(N)=O)C1C. The Kier molecular flexibility index (Phi) is 3.62. The first kappa shape index (κ1) is 10.9. The van der Waals surface area contributed by atoms with Gasteiger partial charge in [0.2, 0.25) is 5.91 Å². The summed E-state index contributed by atoms with van der Waals surface area (Å²) in [5.41, 5.74) is 5.29. The predicted octanol–water partition coefficient (Wildman–Crippen LogP) is 0.686. The number of nitrogens with zero attached hydrogens (tertiary/aromatic N) is 1. The highest BCUT2D eigenvalue weighted by Gasteiger charge is 2.30. The van der Waals surface area contributed by atoms with Gasteiger partial charge in [-0.15, -0.1) is 0 Å². The first-order chi connectivity index (χ1) is 6.04. The van der Waals surface area contributed by atoms with Gasteiger partial charge in [0.05, 0.1) is 6.04 Å². The minimum Gasteiger partial charge on any atom is -0.368 e. The number of thioether (sulfide) groups is 1. The van der Waals surface area contributed by atoms with Crippen LogP contribution in [0.1, 0.15) is 20.8 Å². The van der Waals surface area contributed by atoms with Crippen molar-refractivity contribution in [1.82, 2.24) is 4.90 Å². The second-order valence-corrected chi connectivity index (χ2v) is 5.12. The fraction of sp³-hybridized carbons (Fsp3) is 0.889. The van der Waals surface area contributed by atoms with Crippen LogP contribution in [0, 0.1) is 0 Å². The Labute approximate surface area is 84.0 Å². The lowest BCUT2D eigenvalue weighted by atomic mass is 10.1. The summed E-state index contributed by atoms with van der Waals surface area (Å²) in [5, 5.41) is 0.593. The molecule has 0 saturated carbocycles. The summed E-state index contributed by atoms with van der Waals surface area (Å²) in [6.07, 6.45) is 0. The molecule has 13 heavy (non-hydrogen) atoms. The van der Waals surface area contributed by atoms with Gasteiger partial charge < -0.3 is 5.73 Å². The van der Waals surface area contributed by atoms with E-state index in [1.807, 2.05) is 18.7 Å². The Hall–Kier alpha value is -0.220. The number of hydrogen-bond donors (Lipinski definition) is 1. The number of primary amides is 1. The van der Waals surface area contributed by atoms with Crippen molar-refractivity contribution in [2.75, 3.05) is 12.3 Å². The molecule has 1 fully saturated rings. The molecule has 0 aliphatic carbocycles. The Bertz CT molecular complexity index is 198. The van der Waals surface area contributed by atoms with Crippen LogP contribution in [-0.2, 0) is 4.79 Å². The Morgan fingerprint density at radius 2 is 2.23 bits per heavy atom. The van der Waals surface area contributed by atoms with Crippen LogP contribution in [0.5, 0.6) is 0 Å². The number of nitrogens with two attached hydrogens (primary N) is 1. The van der Waals surface area contributed by atoms with Gasteiger partial charge in [0.25, 0.3) is 0 Å². The zero-order valence-electron chi connectivity index (χ0n) is 8.49. The molecule has 0 spiro atoms. The van der Waals surface area contributed by atoms with Gasteiger partial charge in [0.15, 0.2) is 0 Å². The predicted molar refractivity (Wildman–Crippen MR) is 56.7 cm³/mol. The molecule has 3 nitrogen and oxygen atoms in total. The van der Waals surface area contributed by atoms with Gasteiger partial charge in [0, 0.05) is 23.6 Å². The van der Waals surface area contributed by atoms with Crippen LogP contribution in [0.4, 0.5) is 0 Å². The molecule has 1 saturated heterocycles. The van der Waals surface area contributed by atoms with Gasteiger partial charge in [-0.25, -0.2) is 0 Å². The van der Waals surface area contributed by atoms with Crippen LogP contribution in [0.2, 0.25) is 0 Å². The average molecular weight is 202 g/mol. The highest BCUT2D eigenvalue weighted by Crippen LogP contribution is 2.25. The van der Waals surface area contributed by atoms with Crippen LogP contribution < -0.4 is 5.73 Å². The van der Waals surface area contributed by atoms with Crippen molar-refractivity contribution in [2.45, 2.75) is 38.1 Å². The van der Waals surface area contributed by atoms with Crippen molar-refractivity contribution in [1.29, 1.82) is 0 Å². The third kappa shape index (κ3) is 2.38. The molecule has 1 aliphatic rings. The highest BCUT2D eigenvalue weighted by atomic mass is 32.2. The molecule has 1 rings (SSSR count). The molecule has 0 aromatic heterocycles. The Morgan fingerprint density at radius 1 is 1.62 bits per heavy atom. The smallest absolute Gasteiger partial charge is 0.234 e. The van der Waals surface area contributed by atoms with Crippen LogP contribution in [0.25, 0.3) is 0 Å². The first-order valence-electron chi connectivity index (χ1n) is 4.70. The van der Waals surface area contributed by atoms with E-state index in [-0.39, 0.29) is 11.9 Å². The van der Waals surface area contributed by atoms with E-state index in [0.717, 1.165) is 12.3 Å². The molecule has 0 aromatic carbocycles. The summed E-state index contributed by atoms with van der Waals surface area (Å²) in [7, 11) is 0. The maximum atomic E-state index is 11.0. The van der Waals surface area contributed by atoms with Crippen molar-refractivity contribution in [3.63, 3.8) is 0 Å². The van der Waals surface area contributed by atoms with E-state index in [2.05, 4.69) is 18.7 Å². The quantitative estimate of drug-likeness (QED) is 0.716. The summed E-state index contributed by atoms with van der Waals surface area (Å²) < 4.78 is 0. The van der Waals surface area contributed by atoms with E-state index < -0.39 is 0 Å². The second kappa shape index (κ2) is 4.33. The first-order valence-corrected chi connectivity index (χ1v) is 5.75. The third-order valence-electron chi connectivity index (χ3n) is 2.84. The average Bonchev–Trinajstić information content (AvgIpc) is 2.08. The van der Waals surface area contributed by atoms with Gasteiger partial charge >= 0.3 is 0 Å². The number of hydrogen-bond acceptors (Lipinski definition) is 3.